The van der Waals surface area contributed by atoms with Gasteiger partial charge in [0.2, 0.25) is 0 Å². The molecule has 0 aliphatic rings. The number of carbonyl (C=O) groups excluding carboxylic acids is 1. The van der Waals surface area contributed by atoms with Gasteiger partial charge in [0.05, 0.1) is 6.42 Å². The summed E-state index contributed by atoms with van der Waals surface area (Å²) in [6.45, 7) is 2.67. The molecule has 0 N–H and O–H groups in total. The molecule has 20 heavy (non-hydrogen) atoms. The molecular formula is C15H14N4O. The molecular weight excluding hydrogens is 252 g/mol. The number of Topliss-reactive ketones (excluding diaryl/α,β-unsaturated/α-hetero) is 1. The maximum absolute atomic E-state index is 12.5. The minimum absolute atomic E-state index is 0.0375. The molecule has 0 atom stereocenters. The third kappa shape index (κ3) is 2.18. The Morgan fingerprint density at radius 1 is 1.20 bits per heavy atom. The molecule has 100 valence electrons. The Kier molecular flexibility index (Phi) is 3.25. The van der Waals surface area contributed by atoms with Gasteiger partial charge in [-0.2, -0.15) is 5.10 Å². The molecule has 0 fully saturated rings. The first-order valence-electron chi connectivity index (χ1n) is 6.53. The molecule has 0 bridgehead atoms. The van der Waals surface area contributed by atoms with Gasteiger partial charge in [0.15, 0.2) is 5.78 Å². The summed E-state index contributed by atoms with van der Waals surface area (Å²) >= 11 is 0. The molecule has 0 saturated carbocycles. The number of benzene rings is 1. The Balaban J connectivity index is 1.97. The molecule has 0 spiro atoms. The van der Waals surface area contributed by atoms with Crippen LogP contribution in [0.4, 0.5) is 0 Å². The predicted octanol–water partition coefficient (Wildman–Crippen LogP) is 2.27. The van der Waals surface area contributed by atoms with Crippen LogP contribution >= 0.6 is 0 Å². The van der Waals surface area contributed by atoms with Gasteiger partial charge in [-0.25, -0.2) is 9.67 Å². The van der Waals surface area contributed by atoms with Gasteiger partial charge in [-0.3, -0.25) is 9.78 Å². The molecule has 0 aliphatic heterocycles. The topological polar surface area (TPSA) is 60.7 Å². The van der Waals surface area contributed by atoms with Crippen molar-refractivity contribution in [3.63, 3.8) is 0 Å². The molecule has 1 aromatic carbocycles. The van der Waals surface area contributed by atoms with Crippen LogP contribution in [0, 0.1) is 0 Å². The summed E-state index contributed by atoms with van der Waals surface area (Å²) < 4.78 is 1.73. The van der Waals surface area contributed by atoms with Gasteiger partial charge >= 0.3 is 0 Å². The van der Waals surface area contributed by atoms with Crippen LogP contribution < -0.4 is 0 Å². The van der Waals surface area contributed by atoms with Gasteiger partial charge in [-0.05, 0) is 18.4 Å². The molecule has 2 heterocycles. The first-order chi connectivity index (χ1) is 9.79. The van der Waals surface area contributed by atoms with Gasteiger partial charge in [-0.1, -0.05) is 24.3 Å². The number of pyridine rings is 1. The van der Waals surface area contributed by atoms with Crippen LogP contribution in [0.25, 0.3) is 10.8 Å². The summed E-state index contributed by atoms with van der Waals surface area (Å²) in [5.74, 6) is 0.636. The fraction of sp³-hybridized carbons (Fsp3) is 0.200. The maximum atomic E-state index is 12.5. The van der Waals surface area contributed by atoms with E-state index in [1.165, 1.54) is 6.33 Å². The van der Waals surface area contributed by atoms with Gasteiger partial charge in [-0.15, -0.1) is 0 Å². The van der Waals surface area contributed by atoms with E-state index in [0.29, 0.717) is 18.1 Å². The van der Waals surface area contributed by atoms with E-state index < -0.39 is 0 Å². The SMILES string of the molecule is CCn1ncnc1CC(=O)c1nccc2ccccc12. The summed E-state index contributed by atoms with van der Waals surface area (Å²) in [5, 5.41) is 5.97. The smallest absolute Gasteiger partial charge is 0.189 e. The van der Waals surface area contributed by atoms with E-state index in [4.69, 9.17) is 0 Å². The first kappa shape index (κ1) is 12.5. The predicted molar refractivity (Wildman–Crippen MR) is 75.5 cm³/mol. The van der Waals surface area contributed by atoms with Crippen molar-refractivity contribution in [3.05, 3.63) is 54.4 Å². The molecule has 0 unspecified atom stereocenters. The number of aromatic nitrogens is 4. The second-order valence-corrected chi connectivity index (χ2v) is 4.47. The standard InChI is InChI=1S/C15H14N4O/c1-2-19-14(17-10-18-19)9-13(20)15-12-6-4-3-5-11(12)7-8-16-15/h3-8,10H,2,9H2,1H3. The van der Waals surface area contributed by atoms with Crippen LogP contribution in [0.2, 0.25) is 0 Å². The van der Waals surface area contributed by atoms with Gasteiger partial charge in [0.1, 0.15) is 17.8 Å². The number of hydrogen-bond donors (Lipinski definition) is 0. The fourth-order valence-corrected chi connectivity index (χ4v) is 2.26. The van der Waals surface area contributed by atoms with Crippen molar-refractivity contribution in [2.45, 2.75) is 19.9 Å². The Bertz CT molecular complexity index is 758. The lowest BCUT2D eigenvalue weighted by molar-refractivity contribution is 0.0986. The molecule has 0 radical (unpaired) electrons. The highest BCUT2D eigenvalue weighted by atomic mass is 16.1. The lowest BCUT2D eigenvalue weighted by atomic mass is 10.1. The summed E-state index contributed by atoms with van der Waals surface area (Å²) in [4.78, 5) is 20.8. The first-order valence-corrected chi connectivity index (χ1v) is 6.53. The maximum Gasteiger partial charge on any atom is 0.189 e. The monoisotopic (exact) mass is 266 g/mol. The van der Waals surface area contributed by atoms with E-state index in [1.807, 2.05) is 37.3 Å². The molecule has 5 heteroatoms. The minimum Gasteiger partial charge on any atom is -0.292 e. The van der Waals surface area contributed by atoms with Crippen LogP contribution in [0.1, 0.15) is 23.2 Å². The molecule has 5 nitrogen and oxygen atoms in total. The van der Waals surface area contributed by atoms with E-state index in [0.717, 1.165) is 10.8 Å². The number of aryl methyl sites for hydroxylation is 1. The zero-order valence-electron chi connectivity index (χ0n) is 11.2. The van der Waals surface area contributed by atoms with Crippen molar-refractivity contribution in [3.8, 4) is 0 Å². The second kappa shape index (κ2) is 5.21. The highest BCUT2D eigenvalue weighted by Gasteiger charge is 2.15. The van der Waals surface area contributed by atoms with Crippen LogP contribution in [-0.2, 0) is 13.0 Å². The van der Waals surface area contributed by atoms with Gasteiger partial charge < -0.3 is 0 Å². The third-order valence-corrected chi connectivity index (χ3v) is 3.25. The number of nitrogens with zero attached hydrogens (tertiary/aromatic N) is 4. The number of ketones is 1. The summed E-state index contributed by atoms with van der Waals surface area (Å²) in [5.41, 5.74) is 0.494. The summed E-state index contributed by atoms with van der Waals surface area (Å²) in [7, 11) is 0. The average Bonchev–Trinajstić information content (AvgIpc) is 2.93. The van der Waals surface area contributed by atoms with E-state index in [9.17, 15) is 4.79 Å². The largest absolute Gasteiger partial charge is 0.292 e. The molecule has 0 aliphatic carbocycles. The van der Waals surface area contributed by atoms with Crippen molar-refractivity contribution in [1.82, 2.24) is 19.7 Å². The van der Waals surface area contributed by atoms with Crippen LogP contribution in [0.5, 0.6) is 0 Å². The lowest BCUT2D eigenvalue weighted by Gasteiger charge is -2.05. The van der Waals surface area contributed by atoms with Crippen LogP contribution in [-0.4, -0.2) is 25.5 Å². The zero-order chi connectivity index (χ0) is 13.9. The lowest BCUT2D eigenvalue weighted by Crippen LogP contribution is -2.12. The van der Waals surface area contributed by atoms with Gasteiger partial charge in [0.25, 0.3) is 0 Å². The van der Waals surface area contributed by atoms with E-state index in [1.54, 1.807) is 10.9 Å². The molecule has 2 aromatic heterocycles. The number of rotatable bonds is 4. The average molecular weight is 266 g/mol. The Morgan fingerprint density at radius 2 is 2.05 bits per heavy atom. The molecule has 3 rings (SSSR count). The zero-order valence-corrected chi connectivity index (χ0v) is 11.2. The second-order valence-electron chi connectivity index (χ2n) is 4.47. The molecule has 0 saturated heterocycles. The highest BCUT2D eigenvalue weighted by molar-refractivity contribution is 6.06. The van der Waals surface area contributed by atoms with E-state index >= 15 is 0 Å². The normalized spacial score (nSPS) is 10.8. The number of hydrogen-bond acceptors (Lipinski definition) is 4. The van der Waals surface area contributed by atoms with E-state index in [2.05, 4.69) is 15.1 Å². The van der Waals surface area contributed by atoms with Crippen molar-refractivity contribution in [2.24, 2.45) is 0 Å². The summed E-state index contributed by atoms with van der Waals surface area (Å²) in [6, 6.07) is 9.66. The Labute approximate surface area is 116 Å². The van der Waals surface area contributed by atoms with Gasteiger partial charge in [0, 0.05) is 18.1 Å². The van der Waals surface area contributed by atoms with Crippen molar-refractivity contribution < 1.29 is 4.79 Å². The number of carbonyl (C=O) groups is 1. The van der Waals surface area contributed by atoms with Crippen LogP contribution in [0.3, 0.4) is 0 Å². The summed E-state index contributed by atoms with van der Waals surface area (Å²) in [6.07, 6.45) is 3.36. The van der Waals surface area contributed by atoms with Crippen LogP contribution in [0.15, 0.2) is 42.9 Å². The number of fused-ring (bicyclic) bond motifs is 1. The quantitative estimate of drug-likeness (QED) is 0.680. The molecule has 3 aromatic rings. The highest BCUT2D eigenvalue weighted by Crippen LogP contribution is 2.17. The molecule has 0 amide bonds. The Hall–Kier alpha value is -2.56. The van der Waals surface area contributed by atoms with Crippen molar-refractivity contribution in [1.29, 1.82) is 0 Å². The fourth-order valence-electron chi connectivity index (χ4n) is 2.26. The Morgan fingerprint density at radius 3 is 2.90 bits per heavy atom. The van der Waals surface area contributed by atoms with Crippen molar-refractivity contribution in [2.75, 3.05) is 0 Å². The van der Waals surface area contributed by atoms with E-state index in [-0.39, 0.29) is 12.2 Å². The third-order valence-electron chi connectivity index (χ3n) is 3.25. The minimum atomic E-state index is -0.0375. The van der Waals surface area contributed by atoms with Crippen molar-refractivity contribution >= 4 is 16.6 Å².